The van der Waals surface area contributed by atoms with E-state index in [4.69, 9.17) is 5.73 Å². The average Bonchev–Trinajstić information content (AvgIpc) is 2.64. The monoisotopic (exact) mass is 562 g/mol. The molecule has 2 aromatic rings. The van der Waals surface area contributed by atoms with E-state index in [9.17, 15) is 9.18 Å². The molecule has 0 aliphatic heterocycles. The molecule has 152 valence electrons. The summed E-state index contributed by atoms with van der Waals surface area (Å²) in [5.74, 6) is 0.0311. The molecule has 0 heterocycles. The molecular weight excluding hydrogens is 538 g/mol. The van der Waals surface area contributed by atoms with Crippen LogP contribution in [0.15, 0.2) is 51.9 Å². The molecule has 0 spiro atoms. The molecule has 0 aliphatic rings. The maximum Gasteiger partial charge on any atom is 0.248 e. The highest BCUT2D eigenvalue weighted by atomic mass is 127. The van der Waals surface area contributed by atoms with E-state index in [1.54, 1.807) is 24.3 Å². The van der Waals surface area contributed by atoms with Gasteiger partial charge in [-0.05, 0) is 55.2 Å². The van der Waals surface area contributed by atoms with Gasteiger partial charge in [-0.3, -0.25) is 4.79 Å². The maximum atomic E-state index is 13.8. The zero-order chi connectivity index (χ0) is 19.6. The third-order valence-electron chi connectivity index (χ3n) is 3.91. The number of carbonyl (C=O) groups is 1. The summed E-state index contributed by atoms with van der Waals surface area (Å²) >= 11 is 3.26. The van der Waals surface area contributed by atoms with Crippen LogP contribution in [0.4, 0.5) is 4.39 Å². The summed E-state index contributed by atoms with van der Waals surface area (Å²) in [5, 5.41) is 6.42. The molecule has 0 unspecified atom stereocenters. The van der Waals surface area contributed by atoms with Gasteiger partial charge in [0.1, 0.15) is 5.82 Å². The lowest BCUT2D eigenvalue weighted by atomic mass is 10.1. The largest absolute Gasteiger partial charge is 0.366 e. The summed E-state index contributed by atoms with van der Waals surface area (Å²) in [6.07, 6.45) is 1.42. The van der Waals surface area contributed by atoms with Gasteiger partial charge in [-0.2, -0.15) is 0 Å². The van der Waals surface area contributed by atoms with E-state index in [0.717, 1.165) is 23.0 Å². The summed E-state index contributed by atoms with van der Waals surface area (Å²) < 4.78 is 14.6. The van der Waals surface area contributed by atoms with Crippen molar-refractivity contribution in [1.82, 2.24) is 10.6 Å². The number of halogens is 3. The van der Waals surface area contributed by atoms with Crippen molar-refractivity contribution < 1.29 is 9.18 Å². The van der Waals surface area contributed by atoms with Gasteiger partial charge in [-0.25, -0.2) is 9.38 Å². The minimum atomic E-state index is -0.453. The van der Waals surface area contributed by atoms with Gasteiger partial charge in [0.05, 0.1) is 6.54 Å². The fourth-order valence-electron chi connectivity index (χ4n) is 2.55. The number of primary amides is 1. The Morgan fingerprint density at radius 3 is 2.68 bits per heavy atom. The molecule has 1 amide bonds. The summed E-state index contributed by atoms with van der Waals surface area (Å²) in [5.41, 5.74) is 7.38. The Labute approximate surface area is 190 Å². The fraction of sp³-hybridized carbons (Fsp3) is 0.300. The number of carbonyl (C=O) groups excluding carboxylic acids is 1. The molecule has 0 aromatic heterocycles. The number of nitrogens with one attached hydrogen (secondary N) is 2. The van der Waals surface area contributed by atoms with Crippen LogP contribution in [-0.2, 0) is 13.0 Å². The Morgan fingerprint density at radius 1 is 1.21 bits per heavy atom. The quantitative estimate of drug-likeness (QED) is 0.197. The van der Waals surface area contributed by atoms with Crippen LogP contribution < -0.4 is 16.4 Å². The van der Waals surface area contributed by atoms with E-state index in [-0.39, 0.29) is 29.8 Å². The van der Waals surface area contributed by atoms with Crippen LogP contribution in [-0.4, -0.2) is 25.0 Å². The summed E-state index contributed by atoms with van der Waals surface area (Å²) in [6.45, 7) is 3.82. The standard InChI is InChI=1S/C20H24BrFN4O.HI/c1-2-24-20(26-13-14-5-3-6-16(11-14)19(23)27)25-10-4-7-15-8-9-17(21)12-18(15)22;/h3,5-6,8-9,11-12H,2,4,7,10,13H2,1H3,(H2,23,27)(H2,24,25,26);1H. The second kappa shape index (κ2) is 12.7. The molecule has 0 aliphatic carbocycles. The SMILES string of the molecule is CCNC(=NCc1cccc(C(N)=O)c1)NCCCc1ccc(Br)cc1F.I. The van der Waals surface area contributed by atoms with E-state index in [0.29, 0.717) is 36.6 Å². The zero-order valence-corrected chi connectivity index (χ0v) is 19.6. The van der Waals surface area contributed by atoms with Crippen LogP contribution in [0.2, 0.25) is 0 Å². The molecule has 0 bridgehead atoms. The van der Waals surface area contributed by atoms with Crippen molar-refractivity contribution in [3.8, 4) is 0 Å². The Bertz CT molecular complexity index is 817. The molecular formula is C20H25BrFIN4O. The van der Waals surface area contributed by atoms with Crippen LogP contribution in [0.25, 0.3) is 0 Å². The number of guanidine groups is 1. The van der Waals surface area contributed by atoms with Crippen LogP contribution in [0.5, 0.6) is 0 Å². The first-order valence-electron chi connectivity index (χ1n) is 8.84. The third kappa shape index (κ3) is 8.14. The first-order chi connectivity index (χ1) is 13.0. The van der Waals surface area contributed by atoms with E-state index < -0.39 is 5.91 Å². The third-order valence-corrected chi connectivity index (χ3v) is 4.40. The molecule has 0 fully saturated rings. The van der Waals surface area contributed by atoms with Crippen molar-refractivity contribution in [2.45, 2.75) is 26.3 Å². The number of aryl methyl sites for hydroxylation is 1. The second-order valence-corrected chi connectivity index (χ2v) is 6.94. The van der Waals surface area contributed by atoms with Crippen LogP contribution in [0.3, 0.4) is 0 Å². The van der Waals surface area contributed by atoms with Gasteiger partial charge in [0.25, 0.3) is 0 Å². The number of nitrogens with two attached hydrogens (primary N) is 1. The Balaban J connectivity index is 0.00000392. The molecule has 28 heavy (non-hydrogen) atoms. The lowest BCUT2D eigenvalue weighted by molar-refractivity contribution is 0.1000. The molecule has 8 heteroatoms. The van der Waals surface area contributed by atoms with Crippen molar-refractivity contribution >= 4 is 51.8 Å². The van der Waals surface area contributed by atoms with E-state index in [2.05, 4.69) is 31.6 Å². The predicted octanol–water partition coefficient (Wildman–Crippen LogP) is 3.99. The van der Waals surface area contributed by atoms with Gasteiger partial charge in [0.2, 0.25) is 5.91 Å². The van der Waals surface area contributed by atoms with Gasteiger partial charge < -0.3 is 16.4 Å². The average molecular weight is 563 g/mol. The first-order valence-corrected chi connectivity index (χ1v) is 9.63. The minimum absolute atomic E-state index is 0. The molecule has 0 atom stereocenters. The van der Waals surface area contributed by atoms with Crippen LogP contribution >= 0.6 is 39.9 Å². The van der Waals surface area contributed by atoms with Crippen LogP contribution in [0.1, 0.15) is 34.8 Å². The van der Waals surface area contributed by atoms with Crippen molar-refractivity contribution in [3.63, 3.8) is 0 Å². The Hall–Kier alpha value is -1.68. The molecule has 5 nitrogen and oxygen atoms in total. The van der Waals surface area contributed by atoms with Gasteiger partial charge in [0.15, 0.2) is 5.96 Å². The number of hydrogen-bond donors (Lipinski definition) is 3. The second-order valence-electron chi connectivity index (χ2n) is 6.03. The smallest absolute Gasteiger partial charge is 0.248 e. The maximum absolute atomic E-state index is 13.8. The Morgan fingerprint density at radius 2 is 2.00 bits per heavy atom. The number of aliphatic imine (C=N–C) groups is 1. The van der Waals surface area contributed by atoms with Crippen molar-refractivity contribution in [3.05, 3.63) is 69.4 Å². The molecule has 4 N–H and O–H groups in total. The number of hydrogen-bond acceptors (Lipinski definition) is 2. The topological polar surface area (TPSA) is 79.5 Å². The molecule has 2 aromatic carbocycles. The highest BCUT2D eigenvalue weighted by molar-refractivity contribution is 14.0. The Kier molecular flexibility index (Phi) is 11.1. The number of nitrogens with zero attached hydrogens (tertiary/aromatic N) is 1. The summed E-state index contributed by atoms with van der Waals surface area (Å²) in [7, 11) is 0. The minimum Gasteiger partial charge on any atom is -0.366 e. The lowest BCUT2D eigenvalue weighted by Crippen LogP contribution is -2.37. The zero-order valence-electron chi connectivity index (χ0n) is 15.7. The van der Waals surface area contributed by atoms with E-state index in [1.165, 1.54) is 6.07 Å². The highest BCUT2D eigenvalue weighted by Crippen LogP contribution is 2.16. The number of rotatable bonds is 8. The van der Waals surface area contributed by atoms with Gasteiger partial charge in [-0.1, -0.05) is 34.1 Å². The van der Waals surface area contributed by atoms with Gasteiger partial charge >= 0.3 is 0 Å². The van der Waals surface area contributed by atoms with Gasteiger partial charge in [-0.15, -0.1) is 24.0 Å². The first kappa shape index (κ1) is 24.4. The fourth-order valence-corrected chi connectivity index (χ4v) is 2.88. The lowest BCUT2D eigenvalue weighted by Gasteiger charge is -2.11. The van der Waals surface area contributed by atoms with Crippen molar-refractivity contribution in [1.29, 1.82) is 0 Å². The van der Waals surface area contributed by atoms with Gasteiger partial charge in [0, 0.05) is 23.1 Å². The van der Waals surface area contributed by atoms with Crippen molar-refractivity contribution in [2.24, 2.45) is 10.7 Å². The van der Waals surface area contributed by atoms with E-state index >= 15 is 0 Å². The number of benzene rings is 2. The molecule has 0 radical (unpaired) electrons. The molecule has 0 saturated heterocycles. The van der Waals surface area contributed by atoms with E-state index in [1.807, 2.05) is 19.1 Å². The van der Waals surface area contributed by atoms with Crippen LogP contribution in [0, 0.1) is 5.82 Å². The predicted molar refractivity (Wildman–Crippen MR) is 126 cm³/mol. The molecule has 2 rings (SSSR count). The summed E-state index contributed by atoms with van der Waals surface area (Å²) in [6, 6.07) is 12.2. The number of amides is 1. The highest BCUT2D eigenvalue weighted by Gasteiger charge is 2.04. The van der Waals surface area contributed by atoms with Crippen molar-refractivity contribution in [2.75, 3.05) is 13.1 Å². The normalized spacial score (nSPS) is 10.9. The molecule has 0 saturated carbocycles. The summed E-state index contributed by atoms with van der Waals surface area (Å²) in [4.78, 5) is 15.8.